The number of hydrogen-bond acceptors (Lipinski definition) is 2. The summed E-state index contributed by atoms with van der Waals surface area (Å²) in [4.78, 5) is 24.2. The predicted octanol–water partition coefficient (Wildman–Crippen LogP) is 3.39. The second kappa shape index (κ2) is 7.47. The third-order valence-electron chi connectivity index (χ3n) is 4.45. The molecule has 3 rings (SSSR count). The molecule has 1 saturated carbocycles. The van der Waals surface area contributed by atoms with Crippen molar-refractivity contribution in [2.75, 3.05) is 11.9 Å². The topological polar surface area (TPSA) is 58.2 Å². The lowest BCUT2D eigenvalue weighted by molar-refractivity contribution is -0.117. The Kier molecular flexibility index (Phi) is 5.12. The molecule has 0 spiro atoms. The zero-order valence-corrected chi connectivity index (χ0v) is 14.1. The Balaban J connectivity index is 1.52. The van der Waals surface area contributed by atoms with Gasteiger partial charge in [0.05, 0.1) is 0 Å². The van der Waals surface area contributed by atoms with Crippen LogP contribution in [0.5, 0.6) is 0 Å². The molecule has 4 nitrogen and oxygen atoms in total. The van der Waals surface area contributed by atoms with Gasteiger partial charge in [-0.2, -0.15) is 0 Å². The number of anilines is 1. The van der Waals surface area contributed by atoms with Crippen LogP contribution in [-0.2, 0) is 11.2 Å². The fraction of sp³-hybridized carbons (Fsp3) is 0.300. The lowest BCUT2D eigenvalue weighted by Crippen LogP contribution is -2.25. The molecule has 1 aliphatic rings. The van der Waals surface area contributed by atoms with E-state index < -0.39 is 0 Å². The number of amides is 2. The number of halogens is 1. The molecule has 0 saturated heterocycles. The molecular formula is C20H21FN2O2. The SMILES string of the molecule is C[C@H]1C[C@H]1C(=O)Nc1cccc(C(=O)NCCc2ccc(F)cc2)c1. The number of rotatable bonds is 6. The summed E-state index contributed by atoms with van der Waals surface area (Å²) in [5.74, 6) is 0.0812. The normalized spacial score (nSPS) is 18.5. The molecule has 5 heteroatoms. The van der Waals surface area contributed by atoms with E-state index in [0.29, 0.717) is 30.1 Å². The van der Waals surface area contributed by atoms with Crippen LogP contribution in [0.3, 0.4) is 0 Å². The summed E-state index contributed by atoms with van der Waals surface area (Å²) in [5.41, 5.74) is 2.09. The quantitative estimate of drug-likeness (QED) is 0.847. The Morgan fingerprint density at radius 3 is 2.56 bits per heavy atom. The van der Waals surface area contributed by atoms with Crippen LogP contribution in [0, 0.1) is 17.7 Å². The summed E-state index contributed by atoms with van der Waals surface area (Å²) in [5, 5.41) is 5.70. The van der Waals surface area contributed by atoms with Crippen LogP contribution in [-0.4, -0.2) is 18.4 Å². The van der Waals surface area contributed by atoms with Crippen molar-refractivity contribution in [1.29, 1.82) is 0 Å². The van der Waals surface area contributed by atoms with Gasteiger partial charge < -0.3 is 10.6 Å². The van der Waals surface area contributed by atoms with Gasteiger partial charge in [-0.05, 0) is 54.7 Å². The van der Waals surface area contributed by atoms with Gasteiger partial charge in [0.1, 0.15) is 5.82 Å². The summed E-state index contributed by atoms with van der Waals surface area (Å²) >= 11 is 0. The maximum absolute atomic E-state index is 12.9. The lowest BCUT2D eigenvalue weighted by Gasteiger charge is -2.08. The van der Waals surface area contributed by atoms with E-state index >= 15 is 0 Å². The van der Waals surface area contributed by atoms with E-state index in [1.165, 1.54) is 12.1 Å². The molecule has 2 N–H and O–H groups in total. The van der Waals surface area contributed by atoms with Crippen LogP contribution in [0.1, 0.15) is 29.3 Å². The Bertz CT molecular complexity index is 774. The molecule has 2 aromatic carbocycles. The van der Waals surface area contributed by atoms with Crippen molar-refractivity contribution in [2.45, 2.75) is 19.8 Å². The first kappa shape index (κ1) is 17.1. The number of nitrogens with one attached hydrogen (secondary N) is 2. The van der Waals surface area contributed by atoms with Gasteiger partial charge in [0.25, 0.3) is 5.91 Å². The summed E-state index contributed by atoms with van der Waals surface area (Å²) in [6, 6.07) is 13.1. The van der Waals surface area contributed by atoms with Crippen molar-refractivity contribution in [3.05, 3.63) is 65.5 Å². The standard InChI is InChI=1S/C20H21FN2O2/c1-13-11-18(13)20(25)23-17-4-2-3-15(12-17)19(24)22-10-9-14-5-7-16(21)8-6-14/h2-8,12-13,18H,9-11H2,1H3,(H,22,24)(H,23,25)/t13-,18+/m0/s1. The van der Waals surface area contributed by atoms with Crippen molar-refractivity contribution in [3.63, 3.8) is 0 Å². The lowest BCUT2D eigenvalue weighted by atomic mass is 10.1. The number of hydrogen-bond donors (Lipinski definition) is 2. The van der Waals surface area contributed by atoms with Gasteiger partial charge >= 0.3 is 0 Å². The van der Waals surface area contributed by atoms with Gasteiger partial charge in [-0.1, -0.05) is 25.1 Å². The first-order valence-corrected chi connectivity index (χ1v) is 8.46. The first-order chi connectivity index (χ1) is 12.0. The monoisotopic (exact) mass is 340 g/mol. The van der Waals surface area contributed by atoms with Crippen LogP contribution in [0.15, 0.2) is 48.5 Å². The van der Waals surface area contributed by atoms with Crippen molar-refractivity contribution in [1.82, 2.24) is 5.32 Å². The minimum absolute atomic E-state index is 0.0152. The maximum Gasteiger partial charge on any atom is 0.251 e. The highest BCUT2D eigenvalue weighted by molar-refractivity contribution is 5.98. The second-order valence-corrected chi connectivity index (χ2v) is 6.52. The van der Waals surface area contributed by atoms with E-state index in [1.54, 1.807) is 36.4 Å². The van der Waals surface area contributed by atoms with Crippen LogP contribution < -0.4 is 10.6 Å². The maximum atomic E-state index is 12.9. The summed E-state index contributed by atoms with van der Waals surface area (Å²) in [6.45, 7) is 2.51. The van der Waals surface area contributed by atoms with E-state index in [-0.39, 0.29) is 23.5 Å². The van der Waals surface area contributed by atoms with Crippen LogP contribution in [0.4, 0.5) is 10.1 Å². The minimum Gasteiger partial charge on any atom is -0.352 e. The summed E-state index contributed by atoms with van der Waals surface area (Å²) in [6.07, 6.45) is 1.55. The molecule has 2 aromatic rings. The van der Waals surface area contributed by atoms with Gasteiger partial charge in [0, 0.05) is 23.7 Å². The molecule has 1 aliphatic carbocycles. The average Bonchev–Trinajstić information content (AvgIpc) is 3.34. The van der Waals surface area contributed by atoms with Crippen LogP contribution in [0.25, 0.3) is 0 Å². The smallest absolute Gasteiger partial charge is 0.251 e. The Labute approximate surface area is 146 Å². The van der Waals surface area contributed by atoms with E-state index in [0.717, 1.165) is 12.0 Å². The highest BCUT2D eigenvalue weighted by atomic mass is 19.1. The second-order valence-electron chi connectivity index (χ2n) is 6.52. The summed E-state index contributed by atoms with van der Waals surface area (Å²) in [7, 11) is 0. The molecule has 25 heavy (non-hydrogen) atoms. The summed E-state index contributed by atoms with van der Waals surface area (Å²) < 4.78 is 12.9. The minimum atomic E-state index is -0.271. The molecule has 1 fully saturated rings. The molecule has 0 unspecified atom stereocenters. The largest absolute Gasteiger partial charge is 0.352 e. The number of carbonyl (C=O) groups excluding carboxylic acids is 2. The molecular weight excluding hydrogens is 319 g/mol. The van der Waals surface area contributed by atoms with E-state index in [9.17, 15) is 14.0 Å². The molecule has 2 amide bonds. The zero-order chi connectivity index (χ0) is 17.8. The van der Waals surface area contributed by atoms with Gasteiger partial charge in [0.15, 0.2) is 0 Å². The van der Waals surface area contributed by atoms with Crippen molar-refractivity contribution in [2.24, 2.45) is 11.8 Å². The molecule has 0 aliphatic heterocycles. The fourth-order valence-electron chi connectivity index (χ4n) is 2.73. The molecule has 0 radical (unpaired) electrons. The number of carbonyl (C=O) groups is 2. The van der Waals surface area contributed by atoms with E-state index in [1.807, 2.05) is 0 Å². The van der Waals surface area contributed by atoms with Gasteiger partial charge in [-0.3, -0.25) is 9.59 Å². The van der Waals surface area contributed by atoms with Gasteiger partial charge in [0.2, 0.25) is 5.91 Å². The van der Waals surface area contributed by atoms with Crippen molar-refractivity contribution in [3.8, 4) is 0 Å². The Morgan fingerprint density at radius 2 is 1.88 bits per heavy atom. The predicted molar refractivity (Wildman–Crippen MR) is 94.8 cm³/mol. The van der Waals surface area contributed by atoms with E-state index in [4.69, 9.17) is 0 Å². The van der Waals surface area contributed by atoms with Gasteiger partial charge in [-0.25, -0.2) is 4.39 Å². The van der Waals surface area contributed by atoms with Crippen LogP contribution >= 0.6 is 0 Å². The fourth-order valence-corrected chi connectivity index (χ4v) is 2.73. The zero-order valence-electron chi connectivity index (χ0n) is 14.1. The average molecular weight is 340 g/mol. The highest BCUT2D eigenvalue weighted by Gasteiger charge is 2.39. The third kappa shape index (κ3) is 4.66. The molecule has 2 atom stereocenters. The van der Waals surface area contributed by atoms with E-state index in [2.05, 4.69) is 17.6 Å². The highest BCUT2D eigenvalue weighted by Crippen LogP contribution is 2.38. The molecule has 0 heterocycles. The third-order valence-corrected chi connectivity index (χ3v) is 4.45. The Morgan fingerprint density at radius 1 is 1.16 bits per heavy atom. The Hall–Kier alpha value is -2.69. The molecule has 0 aromatic heterocycles. The van der Waals surface area contributed by atoms with Crippen molar-refractivity contribution < 1.29 is 14.0 Å². The number of benzene rings is 2. The van der Waals surface area contributed by atoms with Crippen molar-refractivity contribution >= 4 is 17.5 Å². The van der Waals surface area contributed by atoms with Gasteiger partial charge in [-0.15, -0.1) is 0 Å². The van der Waals surface area contributed by atoms with Crippen LogP contribution in [0.2, 0.25) is 0 Å². The first-order valence-electron chi connectivity index (χ1n) is 8.46. The molecule has 130 valence electrons. The molecule has 0 bridgehead atoms.